The number of benzene rings is 2. The average molecular weight is 308 g/mol. The number of methoxy groups -OCH3 is 1. The van der Waals surface area contributed by atoms with Gasteiger partial charge >= 0.3 is 0 Å². The van der Waals surface area contributed by atoms with Crippen molar-refractivity contribution in [3.05, 3.63) is 70.9 Å². The number of ether oxygens (including phenoxy) is 1. The molecule has 22 heavy (non-hydrogen) atoms. The Morgan fingerprint density at radius 3 is 2.55 bits per heavy atom. The van der Waals surface area contributed by atoms with Crippen LogP contribution in [-0.2, 0) is 0 Å². The Balaban J connectivity index is 1.71. The molecule has 0 bridgehead atoms. The quantitative estimate of drug-likeness (QED) is 0.653. The molecule has 0 aliphatic heterocycles. The van der Waals surface area contributed by atoms with Gasteiger partial charge in [-0.3, -0.25) is 4.99 Å². The number of para-hydroxylation sites is 2. The standard InChI is InChI=1S/C18H16N2OS/c1-21-18-7-3-2-6-17(18)20-15-10-8-14(9-11-15)19-13-16-5-4-12-22-16/h2-13,20H,1H3. The van der Waals surface area contributed by atoms with Crippen molar-refractivity contribution >= 4 is 34.6 Å². The molecule has 4 heteroatoms. The molecule has 1 N–H and O–H groups in total. The Bertz CT molecular complexity index is 749. The lowest BCUT2D eigenvalue weighted by Crippen LogP contribution is -1.93. The first-order valence-electron chi connectivity index (χ1n) is 6.93. The monoisotopic (exact) mass is 308 g/mol. The average Bonchev–Trinajstić information content (AvgIpc) is 3.08. The van der Waals surface area contributed by atoms with Crippen molar-refractivity contribution in [3.63, 3.8) is 0 Å². The Morgan fingerprint density at radius 1 is 1.00 bits per heavy atom. The summed E-state index contributed by atoms with van der Waals surface area (Å²) in [4.78, 5) is 5.61. The highest BCUT2D eigenvalue weighted by atomic mass is 32.1. The van der Waals surface area contributed by atoms with Crippen LogP contribution < -0.4 is 10.1 Å². The van der Waals surface area contributed by atoms with Crippen LogP contribution in [0, 0.1) is 0 Å². The molecule has 0 fully saturated rings. The van der Waals surface area contributed by atoms with E-state index in [-0.39, 0.29) is 0 Å². The zero-order valence-electron chi connectivity index (χ0n) is 12.2. The molecule has 1 aromatic heterocycles. The zero-order valence-corrected chi connectivity index (χ0v) is 13.0. The first kappa shape index (κ1) is 14.4. The number of thiophene rings is 1. The lowest BCUT2D eigenvalue weighted by atomic mass is 10.2. The highest BCUT2D eigenvalue weighted by Crippen LogP contribution is 2.27. The van der Waals surface area contributed by atoms with E-state index in [1.165, 1.54) is 0 Å². The molecule has 0 aliphatic rings. The van der Waals surface area contributed by atoms with Gasteiger partial charge in [-0.2, -0.15) is 0 Å². The molecule has 0 unspecified atom stereocenters. The molecule has 0 saturated carbocycles. The van der Waals surface area contributed by atoms with Gasteiger partial charge in [0.2, 0.25) is 0 Å². The molecule has 2 aromatic carbocycles. The smallest absolute Gasteiger partial charge is 0.142 e. The molecule has 0 spiro atoms. The van der Waals surface area contributed by atoms with Gasteiger partial charge in [0.1, 0.15) is 5.75 Å². The largest absolute Gasteiger partial charge is 0.495 e. The van der Waals surface area contributed by atoms with Crippen LogP contribution in [0.2, 0.25) is 0 Å². The first-order chi connectivity index (χ1) is 10.8. The summed E-state index contributed by atoms with van der Waals surface area (Å²) in [5.74, 6) is 0.822. The van der Waals surface area contributed by atoms with Crippen molar-refractivity contribution in [2.24, 2.45) is 4.99 Å². The molecule has 0 aliphatic carbocycles. The fraction of sp³-hybridized carbons (Fsp3) is 0.0556. The Morgan fingerprint density at radius 2 is 1.82 bits per heavy atom. The lowest BCUT2D eigenvalue weighted by molar-refractivity contribution is 0.417. The second kappa shape index (κ2) is 6.91. The number of nitrogens with zero attached hydrogens (tertiary/aromatic N) is 1. The number of hydrogen-bond acceptors (Lipinski definition) is 4. The predicted octanol–water partition coefficient (Wildman–Crippen LogP) is 5.25. The van der Waals surface area contributed by atoms with Gasteiger partial charge in [-0.25, -0.2) is 0 Å². The number of anilines is 2. The van der Waals surface area contributed by atoms with Gasteiger partial charge in [-0.05, 0) is 47.8 Å². The van der Waals surface area contributed by atoms with Gasteiger partial charge in [0, 0.05) is 16.8 Å². The van der Waals surface area contributed by atoms with Gasteiger partial charge in [0.05, 0.1) is 18.5 Å². The maximum Gasteiger partial charge on any atom is 0.142 e. The summed E-state index contributed by atoms with van der Waals surface area (Å²) in [5, 5.41) is 5.39. The number of rotatable bonds is 5. The molecule has 0 radical (unpaired) electrons. The predicted molar refractivity (Wildman–Crippen MR) is 94.3 cm³/mol. The normalized spacial score (nSPS) is 10.8. The van der Waals surface area contributed by atoms with E-state index in [9.17, 15) is 0 Å². The van der Waals surface area contributed by atoms with Crippen LogP contribution in [0.3, 0.4) is 0 Å². The van der Waals surface area contributed by atoms with Gasteiger partial charge in [0.25, 0.3) is 0 Å². The van der Waals surface area contributed by atoms with Crippen LogP contribution in [0.25, 0.3) is 0 Å². The lowest BCUT2D eigenvalue weighted by Gasteiger charge is -2.10. The molecular formula is C18H16N2OS. The minimum Gasteiger partial charge on any atom is -0.495 e. The van der Waals surface area contributed by atoms with E-state index < -0.39 is 0 Å². The van der Waals surface area contributed by atoms with E-state index in [1.807, 2.05) is 72.3 Å². The minimum atomic E-state index is 0.822. The summed E-state index contributed by atoms with van der Waals surface area (Å²) in [5.41, 5.74) is 2.87. The van der Waals surface area contributed by atoms with Crippen molar-refractivity contribution in [2.75, 3.05) is 12.4 Å². The third kappa shape index (κ3) is 3.54. The third-order valence-corrected chi connectivity index (χ3v) is 3.94. The molecule has 1 heterocycles. The van der Waals surface area contributed by atoms with Crippen molar-refractivity contribution in [3.8, 4) is 5.75 Å². The minimum absolute atomic E-state index is 0.822. The fourth-order valence-electron chi connectivity index (χ4n) is 2.04. The van der Waals surface area contributed by atoms with Gasteiger partial charge in [0.15, 0.2) is 0 Å². The Hall–Kier alpha value is -2.59. The summed E-state index contributed by atoms with van der Waals surface area (Å²) in [6.45, 7) is 0. The van der Waals surface area contributed by atoms with Crippen LogP contribution in [-0.4, -0.2) is 13.3 Å². The van der Waals surface area contributed by atoms with Crippen molar-refractivity contribution in [1.29, 1.82) is 0 Å². The zero-order chi connectivity index (χ0) is 15.2. The summed E-state index contributed by atoms with van der Waals surface area (Å²) in [6.07, 6.45) is 1.88. The van der Waals surface area contributed by atoms with Crippen LogP contribution in [0.1, 0.15) is 4.88 Å². The summed E-state index contributed by atoms with van der Waals surface area (Å²) in [6, 6.07) is 19.9. The molecule has 0 amide bonds. The second-order valence-corrected chi connectivity index (χ2v) is 5.63. The van der Waals surface area contributed by atoms with E-state index in [1.54, 1.807) is 18.4 Å². The maximum atomic E-state index is 5.34. The Kier molecular flexibility index (Phi) is 4.51. The first-order valence-corrected chi connectivity index (χ1v) is 7.81. The number of aliphatic imine (C=N–C) groups is 1. The molecule has 3 nitrogen and oxygen atoms in total. The summed E-state index contributed by atoms with van der Waals surface area (Å²) >= 11 is 1.68. The van der Waals surface area contributed by atoms with E-state index in [0.29, 0.717) is 0 Å². The van der Waals surface area contributed by atoms with E-state index in [4.69, 9.17) is 4.74 Å². The van der Waals surface area contributed by atoms with Gasteiger partial charge in [-0.15, -0.1) is 11.3 Å². The van der Waals surface area contributed by atoms with E-state index in [2.05, 4.69) is 10.3 Å². The fourth-order valence-corrected chi connectivity index (χ4v) is 2.62. The molecule has 110 valence electrons. The van der Waals surface area contributed by atoms with Gasteiger partial charge in [-0.1, -0.05) is 18.2 Å². The molecule has 0 saturated heterocycles. The van der Waals surface area contributed by atoms with Crippen LogP contribution in [0.5, 0.6) is 5.75 Å². The number of nitrogens with one attached hydrogen (secondary N) is 1. The summed E-state index contributed by atoms with van der Waals surface area (Å²) < 4.78 is 5.34. The molecule has 0 atom stereocenters. The highest BCUT2D eigenvalue weighted by molar-refractivity contribution is 7.11. The van der Waals surface area contributed by atoms with Crippen molar-refractivity contribution in [1.82, 2.24) is 0 Å². The van der Waals surface area contributed by atoms with Crippen LogP contribution in [0.4, 0.5) is 17.1 Å². The van der Waals surface area contributed by atoms with Crippen molar-refractivity contribution in [2.45, 2.75) is 0 Å². The van der Waals surface area contributed by atoms with E-state index in [0.717, 1.165) is 27.7 Å². The van der Waals surface area contributed by atoms with Crippen LogP contribution in [0.15, 0.2) is 71.0 Å². The SMILES string of the molecule is COc1ccccc1Nc1ccc(N=Cc2cccs2)cc1. The third-order valence-electron chi connectivity index (χ3n) is 3.14. The molecular weight excluding hydrogens is 292 g/mol. The second-order valence-electron chi connectivity index (χ2n) is 4.65. The molecule has 3 rings (SSSR count). The van der Waals surface area contributed by atoms with E-state index >= 15 is 0 Å². The topological polar surface area (TPSA) is 33.6 Å². The number of hydrogen-bond donors (Lipinski definition) is 1. The van der Waals surface area contributed by atoms with Crippen LogP contribution >= 0.6 is 11.3 Å². The maximum absolute atomic E-state index is 5.34. The summed E-state index contributed by atoms with van der Waals surface area (Å²) in [7, 11) is 1.67. The molecule has 3 aromatic rings. The van der Waals surface area contributed by atoms with Crippen molar-refractivity contribution < 1.29 is 4.74 Å². The highest BCUT2D eigenvalue weighted by Gasteiger charge is 2.01. The van der Waals surface area contributed by atoms with Gasteiger partial charge < -0.3 is 10.1 Å². The Labute approximate surface area is 133 Å².